The normalized spacial score (nSPS) is 14.1. The lowest BCUT2D eigenvalue weighted by Crippen LogP contribution is -2.50. The molecule has 0 aliphatic carbocycles. The fourth-order valence-electron chi connectivity index (χ4n) is 3.26. The maximum absolute atomic E-state index is 12.5. The van der Waals surface area contributed by atoms with Gasteiger partial charge in [0, 0.05) is 39.3 Å². The summed E-state index contributed by atoms with van der Waals surface area (Å²) >= 11 is 6.21. The number of nitrogens with one attached hydrogen (secondary N) is 1. The molecular formula is C20H27ClN6O. The van der Waals surface area contributed by atoms with Crippen LogP contribution in [0, 0.1) is 6.92 Å². The van der Waals surface area contributed by atoms with Gasteiger partial charge in [-0.1, -0.05) is 17.7 Å². The summed E-state index contributed by atoms with van der Waals surface area (Å²) in [5.74, 6) is 1.74. The minimum absolute atomic E-state index is 0.131. The lowest BCUT2D eigenvalue weighted by molar-refractivity contribution is 0.208. The number of hydrogen-bond donors (Lipinski definition) is 1. The number of anilines is 3. The second-order valence-electron chi connectivity index (χ2n) is 6.81. The summed E-state index contributed by atoms with van der Waals surface area (Å²) in [7, 11) is 0. The number of benzene rings is 1. The van der Waals surface area contributed by atoms with E-state index in [1.165, 1.54) is 0 Å². The smallest absolute Gasteiger partial charge is 0.322 e. The van der Waals surface area contributed by atoms with Crippen LogP contribution < -0.4 is 15.1 Å². The highest BCUT2D eigenvalue weighted by Gasteiger charge is 2.22. The minimum atomic E-state index is -0.131. The van der Waals surface area contributed by atoms with Crippen molar-refractivity contribution in [2.75, 3.05) is 54.4 Å². The number of aryl methyl sites for hydroxylation is 1. The molecule has 2 aromatic rings. The third-order valence-electron chi connectivity index (χ3n) is 4.98. The van der Waals surface area contributed by atoms with Gasteiger partial charge in [-0.3, -0.25) is 0 Å². The SMILES string of the molecule is CCN(CC)c1ccc(N2CCN(C(=O)Nc3ccc(C)cc3Cl)CC2)nn1. The quantitative estimate of drug-likeness (QED) is 0.827. The van der Waals surface area contributed by atoms with Gasteiger partial charge < -0.3 is 20.0 Å². The first-order valence-corrected chi connectivity index (χ1v) is 10.0. The molecule has 150 valence electrons. The molecule has 1 aliphatic rings. The average Bonchev–Trinajstić information content (AvgIpc) is 2.71. The highest BCUT2D eigenvalue weighted by atomic mass is 35.5. The lowest BCUT2D eigenvalue weighted by Gasteiger charge is -2.35. The molecule has 0 unspecified atom stereocenters. The van der Waals surface area contributed by atoms with Crippen LogP contribution in [0.15, 0.2) is 30.3 Å². The van der Waals surface area contributed by atoms with E-state index in [0.29, 0.717) is 36.9 Å². The van der Waals surface area contributed by atoms with Gasteiger partial charge in [-0.2, -0.15) is 0 Å². The van der Waals surface area contributed by atoms with Crippen molar-refractivity contribution in [1.82, 2.24) is 15.1 Å². The Morgan fingerprint density at radius 2 is 1.82 bits per heavy atom. The molecule has 0 atom stereocenters. The van der Waals surface area contributed by atoms with Crippen LogP contribution in [0.4, 0.5) is 22.1 Å². The van der Waals surface area contributed by atoms with E-state index in [9.17, 15) is 4.79 Å². The number of nitrogens with zero attached hydrogens (tertiary/aromatic N) is 5. The second-order valence-corrected chi connectivity index (χ2v) is 7.22. The predicted octanol–water partition coefficient (Wildman–Crippen LogP) is 3.64. The first-order chi connectivity index (χ1) is 13.5. The number of piperazine rings is 1. The van der Waals surface area contributed by atoms with Crippen molar-refractivity contribution in [3.63, 3.8) is 0 Å². The molecule has 1 N–H and O–H groups in total. The van der Waals surface area contributed by atoms with E-state index in [1.54, 1.807) is 4.90 Å². The van der Waals surface area contributed by atoms with E-state index in [4.69, 9.17) is 11.6 Å². The zero-order valence-electron chi connectivity index (χ0n) is 16.7. The molecule has 0 radical (unpaired) electrons. The predicted molar refractivity (Wildman–Crippen MR) is 115 cm³/mol. The fourth-order valence-corrected chi connectivity index (χ4v) is 3.54. The van der Waals surface area contributed by atoms with Gasteiger partial charge in [0.05, 0.1) is 10.7 Å². The van der Waals surface area contributed by atoms with Crippen molar-refractivity contribution in [3.05, 3.63) is 40.9 Å². The molecule has 1 aliphatic heterocycles. The maximum Gasteiger partial charge on any atom is 0.322 e. The van der Waals surface area contributed by atoms with E-state index < -0.39 is 0 Å². The van der Waals surface area contributed by atoms with Crippen LogP contribution >= 0.6 is 11.6 Å². The summed E-state index contributed by atoms with van der Waals surface area (Å²) in [6, 6.07) is 9.48. The molecule has 1 aromatic carbocycles. The molecule has 3 rings (SSSR count). The number of aromatic nitrogens is 2. The third kappa shape index (κ3) is 4.65. The van der Waals surface area contributed by atoms with Gasteiger partial charge in [-0.15, -0.1) is 10.2 Å². The van der Waals surface area contributed by atoms with Gasteiger partial charge in [0.25, 0.3) is 0 Å². The van der Waals surface area contributed by atoms with E-state index >= 15 is 0 Å². The van der Waals surface area contributed by atoms with Gasteiger partial charge in [-0.25, -0.2) is 4.79 Å². The number of carbonyl (C=O) groups is 1. The lowest BCUT2D eigenvalue weighted by atomic mass is 10.2. The molecule has 2 amide bonds. The zero-order chi connectivity index (χ0) is 20.1. The number of hydrogen-bond acceptors (Lipinski definition) is 5. The summed E-state index contributed by atoms with van der Waals surface area (Å²) in [5.41, 5.74) is 1.70. The molecule has 8 heteroatoms. The van der Waals surface area contributed by atoms with Crippen LogP contribution in [0.3, 0.4) is 0 Å². The van der Waals surface area contributed by atoms with Crippen LogP contribution in [0.2, 0.25) is 5.02 Å². The van der Waals surface area contributed by atoms with E-state index in [1.807, 2.05) is 37.3 Å². The van der Waals surface area contributed by atoms with Crippen molar-refractivity contribution < 1.29 is 4.79 Å². The highest BCUT2D eigenvalue weighted by Crippen LogP contribution is 2.23. The Morgan fingerprint density at radius 3 is 2.39 bits per heavy atom. The topological polar surface area (TPSA) is 64.6 Å². The van der Waals surface area contributed by atoms with Crippen molar-refractivity contribution in [1.29, 1.82) is 0 Å². The van der Waals surface area contributed by atoms with Gasteiger partial charge in [0.15, 0.2) is 11.6 Å². The number of rotatable bonds is 5. The number of urea groups is 1. The zero-order valence-corrected chi connectivity index (χ0v) is 17.4. The Kier molecular flexibility index (Phi) is 6.57. The highest BCUT2D eigenvalue weighted by molar-refractivity contribution is 6.33. The Hall–Kier alpha value is -2.54. The number of carbonyl (C=O) groups excluding carboxylic acids is 1. The summed E-state index contributed by atoms with van der Waals surface area (Å²) in [6.45, 7) is 10.7. The number of amides is 2. The van der Waals surface area contributed by atoms with Gasteiger partial charge in [-0.05, 0) is 50.6 Å². The molecule has 0 bridgehead atoms. The Labute approximate surface area is 171 Å². The summed E-state index contributed by atoms with van der Waals surface area (Å²) < 4.78 is 0. The molecule has 1 aromatic heterocycles. The van der Waals surface area contributed by atoms with E-state index in [2.05, 4.69) is 39.2 Å². The fraction of sp³-hybridized carbons (Fsp3) is 0.450. The maximum atomic E-state index is 12.5. The summed E-state index contributed by atoms with van der Waals surface area (Å²) in [5, 5.41) is 12.2. The molecule has 0 spiro atoms. The van der Waals surface area contributed by atoms with Crippen LogP contribution in [0.1, 0.15) is 19.4 Å². The Bertz CT molecular complexity index is 801. The van der Waals surface area contributed by atoms with Gasteiger partial charge in [0.2, 0.25) is 0 Å². The molecule has 1 fully saturated rings. The van der Waals surface area contributed by atoms with Crippen LogP contribution in [-0.2, 0) is 0 Å². The molecule has 2 heterocycles. The van der Waals surface area contributed by atoms with Gasteiger partial charge >= 0.3 is 6.03 Å². The third-order valence-corrected chi connectivity index (χ3v) is 5.29. The van der Waals surface area contributed by atoms with Crippen LogP contribution in [0.25, 0.3) is 0 Å². The average molecular weight is 403 g/mol. The summed E-state index contributed by atoms with van der Waals surface area (Å²) in [6.07, 6.45) is 0. The number of halogens is 1. The standard InChI is InChI=1S/C20H27ClN6O/c1-4-25(5-2)18-8-9-19(24-23-18)26-10-12-27(13-11-26)20(28)22-17-7-6-15(3)14-16(17)21/h6-9,14H,4-5,10-13H2,1-3H3,(H,22,28). The largest absolute Gasteiger partial charge is 0.356 e. The van der Waals surface area contributed by atoms with Crippen LogP contribution in [-0.4, -0.2) is 60.4 Å². The summed E-state index contributed by atoms with van der Waals surface area (Å²) in [4.78, 5) is 18.7. The van der Waals surface area contributed by atoms with Crippen molar-refractivity contribution in [2.24, 2.45) is 0 Å². The molecule has 1 saturated heterocycles. The van der Waals surface area contributed by atoms with Crippen molar-refractivity contribution in [2.45, 2.75) is 20.8 Å². The minimum Gasteiger partial charge on any atom is -0.356 e. The Morgan fingerprint density at radius 1 is 1.11 bits per heavy atom. The second kappa shape index (κ2) is 9.10. The molecule has 0 saturated carbocycles. The van der Waals surface area contributed by atoms with Crippen LogP contribution in [0.5, 0.6) is 0 Å². The molecule has 28 heavy (non-hydrogen) atoms. The van der Waals surface area contributed by atoms with E-state index in [0.717, 1.165) is 30.3 Å². The first-order valence-electron chi connectivity index (χ1n) is 9.67. The molecular weight excluding hydrogens is 376 g/mol. The molecule has 7 nitrogen and oxygen atoms in total. The van der Waals surface area contributed by atoms with E-state index in [-0.39, 0.29) is 6.03 Å². The Balaban J connectivity index is 1.56. The van der Waals surface area contributed by atoms with Gasteiger partial charge in [0.1, 0.15) is 0 Å². The monoisotopic (exact) mass is 402 g/mol. The van der Waals surface area contributed by atoms with Crippen molar-refractivity contribution in [3.8, 4) is 0 Å². The van der Waals surface area contributed by atoms with Crippen molar-refractivity contribution >= 4 is 35.0 Å². The first kappa shape index (κ1) is 20.2.